The van der Waals surface area contributed by atoms with Gasteiger partial charge in [0.1, 0.15) is 0 Å². The van der Waals surface area contributed by atoms with Crippen molar-refractivity contribution in [1.82, 2.24) is 0 Å². The van der Waals surface area contributed by atoms with Gasteiger partial charge in [-0.25, -0.2) is 0 Å². The van der Waals surface area contributed by atoms with E-state index in [9.17, 15) is 4.79 Å². The first kappa shape index (κ1) is 9.48. The van der Waals surface area contributed by atoms with Gasteiger partial charge in [-0.3, -0.25) is 4.79 Å². The number of hydrogen-bond donors (Lipinski definition) is 0. The second-order valence-electron chi connectivity index (χ2n) is 2.85. The van der Waals surface area contributed by atoms with Gasteiger partial charge in [0, 0.05) is 7.11 Å². The third-order valence-corrected chi connectivity index (χ3v) is 2.04. The second kappa shape index (κ2) is 4.42. The van der Waals surface area contributed by atoms with Gasteiger partial charge < -0.3 is 14.2 Å². The fourth-order valence-corrected chi connectivity index (χ4v) is 1.29. The van der Waals surface area contributed by atoms with Gasteiger partial charge in [-0.2, -0.15) is 0 Å². The summed E-state index contributed by atoms with van der Waals surface area (Å²) in [5.74, 6) is -0.370. The smallest absolute Gasteiger partial charge is 0.311 e. The minimum Gasteiger partial charge on any atom is -0.469 e. The summed E-state index contributed by atoms with van der Waals surface area (Å²) in [5.41, 5.74) is 0. The molecule has 0 radical (unpaired) electrons. The molecule has 0 aromatic rings. The molecule has 70 valence electrons. The zero-order chi connectivity index (χ0) is 8.97. The Balaban J connectivity index is 2.40. The Bertz CT molecular complexity index is 157. The van der Waals surface area contributed by atoms with Crippen LogP contribution in [-0.2, 0) is 19.0 Å². The third-order valence-electron chi connectivity index (χ3n) is 2.04. The highest BCUT2D eigenvalue weighted by Gasteiger charge is 2.28. The summed E-state index contributed by atoms with van der Waals surface area (Å²) in [5, 5.41) is 0. The first-order valence-corrected chi connectivity index (χ1v) is 3.96. The van der Waals surface area contributed by atoms with E-state index >= 15 is 0 Å². The van der Waals surface area contributed by atoms with E-state index in [2.05, 4.69) is 4.74 Å². The zero-order valence-electron chi connectivity index (χ0n) is 7.41. The summed E-state index contributed by atoms with van der Waals surface area (Å²) >= 11 is 0. The maximum atomic E-state index is 11.1. The van der Waals surface area contributed by atoms with Crippen LogP contribution >= 0.6 is 0 Å². The van der Waals surface area contributed by atoms with Crippen LogP contribution in [0.1, 0.15) is 6.42 Å². The summed E-state index contributed by atoms with van der Waals surface area (Å²) in [7, 11) is 3.01. The molecule has 1 fully saturated rings. The molecule has 0 N–H and O–H groups in total. The van der Waals surface area contributed by atoms with E-state index in [0.29, 0.717) is 19.6 Å². The lowest BCUT2D eigenvalue weighted by Crippen LogP contribution is -2.35. The van der Waals surface area contributed by atoms with E-state index in [0.717, 1.165) is 0 Å². The molecule has 0 saturated carbocycles. The van der Waals surface area contributed by atoms with Gasteiger partial charge in [0.2, 0.25) is 0 Å². The lowest BCUT2D eigenvalue weighted by Gasteiger charge is -2.26. The first-order chi connectivity index (χ1) is 5.77. The lowest BCUT2D eigenvalue weighted by molar-refractivity contribution is -0.154. The molecule has 12 heavy (non-hydrogen) atoms. The summed E-state index contributed by atoms with van der Waals surface area (Å²) in [6.07, 6.45) is 0.728. The largest absolute Gasteiger partial charge is 0.469 e. The number of carbonyl (C=O) groups is 1. The Kier molecular flexibility index (Phi) is 3.49. The molecule has 1 saturated heterocycles. The molecule has 0 unspecified atom stereocenters. The predicted octanol–water partition coefficient (Wildman–Crippen LogP) is 0.211. The van der Waals surface area contributed by atoms with Crippen LogP contribution in [-0.4, -0.2) is 39.5 Å². The normalized spacial score (nSPS) is 29.8. The van der Waals surface area contributed by atoms with Gasteiger partial charge in [0.15, 0.2) is 0 Å². The minimum atomic E-state index is -0.211. The van der Waals surface area contributed by atoms with Gasteiger partial charge in [0.05, 0.1) is 32.3 Å². The average Bonchev–Trinajstić information content (AvgIpc) is 2.17. The lowest BCUT2D eigenvalue weighted by atomic mass is 10.0. The van der Waals surface area contributed by atoms with Gasteiger partial charge in [0.25, 0.3) is 0 Å². The number of ether oxygens (including phenoxy) is 3. The van der Waals surface area contributed by atoms with Crippen molar-refractivity contribution in [2.75, 3.05) is 27.4 Å². The van der Waals surface area contributed by atoms with E-state index in [1.807, 2.05) is 0 Å². The predicted molar refractivity (Wildman–Crippen MR) is 41.7 cm³/mol. The monoisotopic (exact) mass is 174 g/mol. The van der Waals surface area contributed by atoms with Crippen LogP contribution < -0.4 is 0 Å². The summed E-state index contributed by atoms with van der Waals surface area (Å²) in [6.45, 7) is 1.02. The van der Waals surface area contributed by atoms with E-state index in [1.54, 1.807) is 7.11 Å². The van der Waals surface area contributed by atoms with E-state index in [-0.39, 0.29) is 18.0 Å². The standard InChI is InChI=1S/C8H14O4/c1-10-7-3-6(4-12-5-7)8(9)11-2/h6-7H,3-5H2,1-2H3/t6-,7-/m0/s1. The molecular weight excluding hydrogens is 160 g/mol. The van der Waals surface area contributed by atoms with Crippen molar-refractivity contribution >= 4 is 5.97 Å². The number of carbonyl (C=O) groups excluding carboxylic acids is 1. The molecular formula is C8H14O4. The van der Waals surface area contributed by atoms with Crippen LogP contribution in [0.2, 0.25) is 0 Å². The fraction of sp³-hybridized carbons (Fsp3) is 0.875. The average molecular weight is 174 g/mol. The summed E-state index contributed by atoms with van der Waals surface area (Å²) in [6, 6.07) is 0. The molecule has 0 bridgehead atoms. The maximum Gasteiger partial charge on any atom is 0.311 e. The minimum absolute atomic E-state index is 0.0304. The maximum absolute atomic E-state index is 11.1. The quantitative estimate of drug-likeness (QED) is 0.561. The summed E-state index contributed by atoms with van der Waals surface area (Å²) in [4.78, 5) is 11.1. The topological polar surface area (TPSA) is 44.8 Å². The Morgan fingerprint density at radius 2 is 2.17 bits per heavy atom. The van der Waals surface area contributed by atoms with Crippen molar-refractivity contribution in [2.45, 2.75) is 12.5 Å². The SMILES string of the molecule is COC(=O)[C@@H]1COC[C@@H](OC)C1. The van der Waals surface area contributed by atoms with Crippen molar-refractivity contribution in [3.8, 4) is 0 Å². The first-order valence-electron chi connectivity index (χ1n) is 3.96. The number of hydrogen-bond acceptors (Lipinski definition) is 4. The molecule has 2 atom stereocenters. The van der Waals surface area contributed by atoms with Crippen molar-refractivity contribution in [3.63, 3.8) is 0 Å². The van der Waals surface area contributed by atoms with Gasteiger partial charge in [-0.05, 0) is 6.42 Å². The van der Waals surface area contributed by atoms with Crippen molar-refractivity contribution in [1.29, 1.82) is 0 Å². The zero-order valence-corrected chi connectivity index (χ0v) is 7.41. The molecule has 0 aliphatic carbocycles. The van der Waals surface area contributed by atoms with Gasteiger partial charge in [-0.1, -0.05) is 0 Å². The van der Waals surface area contributed by atoms with Crippen LogP contribution in [0.3, 0.4) is 0 Å². The molecule has 0 aromatic heterocycles. The highest BCUT2D eigenvalue weighted by atomic mass is 16.5. The van der Waals surface area contributed by atoms with Crippen molar-refractivity contribution in [2.24, 2.45) is 5.92 Å². The Hall–Kier alpha value is -0.610. The fourth-order valence-electron chi connectivity index (χ4n) is 1.29. The molecule has 0 aromatic carbocycles. The highest BCUT2D eigenvalue weighted by Crippen LogP contribution is 2.17. The molecule has 1 rings (SSSR count). The number of rotatable bonds is 2. The molecule has 1 aliphatic rings. The van der Waals surface area contributed by atoms with Crippen LogP contribution in [0.5, 0.6) is 0 Å². The molecule has 1 aliphatic heterocycles. The number of esters is 1. The van der Waals surface area contributed by atoms with Crippen LogP contribution in [0, 0.1) is 5.92 Å². The second-order valence-corrected chi connectivity index (χ2v) is 2.85. The highest BCUT2D eigenvalue weighted by molar-refractivity contribution is 5.72. The molecule has 0 amide bonds. The molecule has 1 heterocycles. The van der Waals surface area contributed by atoms with E-state index < -0.39 is 0 Å². The van der Waals surface area contributed by atoms with Crippen LogP contribution in [0.4, 0.5) is 0 Å². The van der Waals surface area contributed by atoms with E-state index in [1.165, 1.54) is 7.11 Å². The van der Waals surface area contributed by atoms with Gasteiger partial charge >= 0.3 is 5.97 Å². The Labute approximate surface area is 71.8 Å². The molecule has 4 heteroatoms. The third kappa shape index (κ3) is 2.19. The summed E-state index contributed by atoms with van der Waals surface area (Å²) < 4.78 is 14.9. The molecule has 0 spiro atoms. The van der Waals surface area contributed by atoms with Crippen molar-refractivity contribution in [3.05, 3.63) is 0 Å². The Morgan fingerprint density at radius 3 is 2.75 bits per heavy atom. The Morgan fingerprint density at radius 1 is 1.42 bits per heavy atom. The van der Waals surface area contributed by atoms with E-state index in [4.69, 9.17) is 9.47 Å². The van der Waals surface area contributed by atoms with Crippen LogP contribution in [0.15, 0.2) is 0 Å². The molecule has 4 nitrogen and oxygen atoms in total. The van der Waals surface area contributed by atoms with Crippen LogP contribution in [0.25, 0.3) is 0 Å². The number of methoxy groups -OCH3 is 2. The van der Waals surface area contributed by atoms with Crippen molar-refractivity contribution < 1.29 is 19.0 Å². The van der Waals surface area contributed by atoms with Gasteiger partial charge in [-0.15, -0.1) is 0 Å².